The summed E-state index contributed by atoms with van der Waals surface area (Å²) in [5.74, 6) is -0.0615. The molecule has 100 valence electrons. The molecule has 1 atom stereocenters. The lowest BCUT2D eigenvalue weighted by Gasteiger charge is -2.16. The number of carbonyl (C=O) groups is 1. The van der Waals surface area contributed by atoms with E-state index in [1.807, 2.05) is 13.8 Å². The minimum absolute atomic E-state index is 0.0277. The SMILES string of the molecule is COC(=O)C(N)Cc1cc(C)c(C)c(OC)c1O. The van der Waals surface area contributed by atoms with Crippen LogP contribution in [0.3, 0.4) is 0 Å². The number of nitrogens with two attached hydrogens (primary N) is 1. The molecule has 0 spiro atoms. The zero-order valence-corrected chi connectivity index (χ0v) is 11.1. The van der Waals surface area contributed by atoms with E-state index >= 15 is 0 Å². The van der Waals surface area contributed by atoms with E-state index in [4.69, 9.17) is 10.5 Å². The van der Waals surface area contributed by atoms with E-state index in [0.29, 0.717) is 11.3 Å². The largest absolute Gasteiger partial charge is 0.504 e. The van der Waals surface area contributed by atoms with Gasteiger partial charge in [0.25, 0.3) is 0 Å². The highest BCUT2D eigenvalue weighted by molar-refractivity contribution is 5.76. The zero-order valence-electron chi connectivity index (χ0n) is 11.1. The lowest BCUT2D eigenvalue weighted by atomic mass is 9.99. The monoisotopic (exact) mass is 253 g/mol. The Bertz CT molecular complexity index is 457. The van der Waals surface area contributed by atoms with Crippen LogP contribution in [0.25, 0.3) is 0 Å². The number of benzene rings is 1. The normalized spacial score (nSPS) is 12.1. The Morgan fingerprint density at radius 1 is 1.44 bits per heavy atom. The van der Waals surface area contributed by atoms with Gasteiger partial charge in [0.1, 0.15) is 6.04 Å². The molecule has 0 aliphatic carbocycles. The number of rotatable bonds is 4. The molecule has 0 aliphatic heterocycles. The fraction of sp³-hybridized carbons (Fsp3) is 0.462. The number of carbonyl (C=O) groups excluding carboxylic acids is 1. The number of esters is 1. The average Bonchev–Trinajstić information content (AvgIpc) is 2.35. The molecule has 5 nitrogen and oxygen atoms in total. The zero-order chi connectivity index (χ0) is 13.9. The van der Waals surface area contributed by atoms with Crippen LogP contribution in [-0.2, 0) is 16.0 Å². The maximum atomic E-state index is 11.3. The van der Waals surface area contributed by atoms with Gasteiger partial charge in [-0.2, -0.15) is 0 Å². The first-order valence-corrected chi connectivity index (χ1v) is 5.61. The second-order valence-electron chi connectivity index (χ2n) is 4.19. The molecule has 0 saturated heterocycles. The molecule has 0 radical (unpaired) electrons. The predicted octanol–water partition coefficient (Wildman–Crippen LogP) is 1.06. The molecule has 0 amide bonds. The van der Waals surface area contributed by atoms with Crippen molar-refractivity contribution in [1.29, 1.82) is 0 Å². The first-order chi connectivity index (χ1) is 8.42. The Labute approximate surface area is 107 Å². The predicted molar refractivity (Wildman–Crippen MR) is 67.8 cm³/mol. The van der Waals surface area contributed by atoms with Gasteiger partial charge in [0, 0.05) is 12.0 Å². The lowest BCUT2D eigenvalue weighted by molar-refractivity contribution is -0.142. The highest BCUT2D eigenvalue weighted by Crippen LogP contribution is 2.36. The number of phenolic OH excluding ortho intramolecular Hbond substituents is 1. The third-order valence-corrected chi connectivity index (χ3v) is 2.99. The van der Waals surface area contributed by atoms with Crippen LogP contribution in [0.1, 0.15) is 16.7 Å². The van der Waals surface area contributed by atoms with Crippen LogP contribution in [0, 0.1) is 13.8 Å². The molecule has 18 heavy (non-hydrogen) atoms. The molecule has 0 aliphatic rings. The summed E-state index contributed by atoms with van der Waals surface area (Å²) < 4.78 is 9.72. The minimum Gasteiger partial charge on any atom is -0.504 e. The number of methoxy groups -OCH3 is 2. The third-order valence-electron chi connectivity index (χ3n) is 2.99. The van der Waals surface area contributed by atoms with Crippen molar-refractivity contribution >= 4 is 5.97 Å². The van der Waals surface area contributed by atoms with Gasteiger partial charge in [-0.15, -0.1) is 0 Å². The molecule has 1 aromatic rings. The fourth-order valence-corrected chi connectivity index (χ4v) is 1.82. The van der Waals surface area contributed by atoms with Gasteiger partial charge >= 0.3 is 5.97 Å². The molecule has 1 unspecified atom stereocenters. The van der Waals surface area contributed by atoms with Crippen LogP contribution in [0.5, 0.6) is 11.5 Å². The van der Waals surface area contributed by atoms with Gasteiger partial charge in [-0.25, -0.2) is 0 Å². The lowest BCUT2D eigenvalue weighted by Crippen LogP contribution is -2.33. The van der Waals surface area contributed by atoms with Gasteiger partial charge in [-0.3, -0.25) is 4.79 Å². The van der Waals surface area contributed by atoms with Gasteiger partial charge in [-0.1, -0.05) is 6.07 Å². The van der Waals surface area contributed by atoms with Crippen LogP contribution >= 0.6 is 0 Å². The molecule has 0 saturated carbocycles. The Morgan fingerprint density at radius 3 is 2.56 bits per heavy atom. The molecular formula is C13H19NO4. The summed E-state index contributed by atoms with van der Waals surface area (Å²) in [5.41, 5.74) is 8.09. The Morgan fingerprint density at radius 2 is 2.06 bits per heavy atom. The van der Waals surface area contributed by atoms with Gasteiger partial charge in [-0.05, 0) is 25.0 Å². The number of ether oxygens (including phenoxy) is 2. The molecule has 0 bridgehead atoms. The first-order valence-electron chi connectivity index (χ1n) is 5.61. The number of phenols is 1. The van der Waals surface area contributed by atoms with Crippen LogP contribution < -0.4 is 10.5 Å². The number of hydrogen-bond acceptors (Lipinski definition) is 5. The summed E-state index contributed by atoms with van der Waals surface area (Å²) in [6.45, 7) is 3.77. The molecule has 0 aromatic heterocycles. The molecule has 5 heteroatoms. The van der Waals surface area contributed by atoms with Crippen molar-refractivity contribution in [3.8, 4) is 11.5 Å². The molecular weight excluding hydrogens is 234 g/mol. The summed E-state index contributed by atoms with van der Waals surface area (Å²) in [4.78, 5) is 11.3. The standard InChI is InChI=1S/C13H19NO4/c1-7-5-9(6-10(14)13(16)18-4)11(15)12(17-3)8(7)2/h5,10,15H,6,14H2,1-4H3. The highest BCUT2D eigenvalue weighted by Gasteiger charge is 2.20. The van der Waals surface area contributed by atoms with Crippen LogP contribution in [0.2, 0.25) is 0 Å². The second-order valence-corrected chi connectivity index (χ2v) is 4.19. The minimum atomic E-state index is -0.798. The highest BCUT2D eigenvalue weighted by atomic mass is 16.5. The van der Waals surface area contributed by atoms with Gasteiger partial charge in [0.05, 0.1) is 14.2 Å². The van der Waals surface area contributed by atoms with Gasteiger partial charge < -0.3 is 20.3 Å². The van der Waals surface area contributed by atoms with Gasteiger partial charge in [0.2, 0.25) is 0 Å². The second kappa shape index (κ2) is 5.73. The van der Waals surface area contributed by atoms with E-state index in [1.165, 1.54) is 14.2 Å². The number of aromatic hydroxyl groups is 1. The third kappa shape index (κ3) is 2.73. The average molecular weight is 253 g/mol. The molecule has 3 N–H and O–H groups in total. The van der Waals surface area contributed by atoms with E-state index in [9.17, 15) is 9.90 Å². The Hall–Kier alpha value is -1.75. The summed E-state index contributed by atoms with van der Waals surface area (Å²) in [6.07, 6.45) is 0.204. The van der Waals surface area contributed by atoms with Crippen molar-refractivity contribution in [2.45, 2.75) is 26.3 Å². The van der Waals surface area contributed by atoms with Crippen molar-refractivity contribution in [2.75, 3.05) is 14.2 Å². The van der Waals surface area contributed by atoms with E-state index in [1.54, 1.807) is 6.07 Å². The van der Waals surface area contributed by atoms with Crippen LogP contribution in [0.4, 0.5) is 0 Å². The smallest absolute Gasteiger partial charge is 0.322 e. The van der Waals surface area contributed by atoms with Crippen LogP contribution in [-0.4, -0.2) is 31.3 Å². The van der Waals surface area contributed by atoms with E-state index in [2.05, 4.69) is 4.74 Å². The van der Waals surface area contributed by atoms with Crippen molar-refractivity contribution in [3.63, 3.8) is 0 Å². The maximum Gasteiger partial charge on any atom is 0.322 e. The molecule has 0 heterocycles. The molecule has 0 fully saturated rings. The van der Waals surface area contributed by atoms with Crippen molar-refractivity contribution < 1.29 is 19.4 Å². The first kappa shape index (κ1) is 14.3. The van der Waals surface area contributed by atoms with E-state index < -0.39 is 12.0 Å². The molecule has 1 aromatic carbocycles. The Balaban J connectivity index is 3.11. The molecule has 1 rings (SSSR count). The quantitative estimate of drug-likeness (QED) is 0.784. The van der Waals surface area contributed by atoms with Crippen molar-refractivity contribution in [1.82, 2.24) is 0 Å². The number of hydrogen-bond donors (Lipinski definition) is 2. The Kier molecular flexibility index (Phi) is 4.55. The van der Waals surface area contributed by atoms with Gasteiger partial charge in [0.15, 0.2) is 11.5 Å². The van der Waals surface area contributed by atoms with Crippen molar-refractivity contribution in [2.24, 2.45) is 5.73 Å². The summed E-state index contributed by atoms with van der Waals surface area (Å²) in [7, 11) is 2.77. The summed E-state index contributed by atoms with van der Waals surface area (Å²) >= 11 is 0. The summed E-state index contributed by atoms with van der Waals surface area (Å²) in [5, 5.41) is 10.1. The van der Waals surface area contributed by atoms with Crippen LogP contribution in [0.15, 0.2) is 6.07 Å². The topological polar surface area (TPSA) is 81.8 Å². The van der Waals surface area contributed by atoms with E-state index in [0.717, 1.165) is 11.1 Å². The number of aryl methyl sites for hydroxylation is 1. The summed E-state index contributed by atoms with van der Waals surface area (Å²) in [6, 6.07) is 1.00. The van der Waals surface area contributed by atoms with Crippen molar-refractivity contribution in [3.05, 3.63) is 22.8 Å². The maximum absolute atomic E-state index is 11.3. The van der Waals surface area contributed by atoms with E-state index in [-0.39, 0.29) is 12.2 Å². The fourth-order valence-electron chi connectivity index (χ4n) is 1.82.